The Balaban J connectivity index is 1.83. The Morgan fingerprint density at radius 3 is 2.70 bits per heavy atom. The van der Waals surface area contributed by atoms with Crippen LogP contribution in [0.5, 0.6) is 0 Å². The summed E-state index contributed by atoms with van der Waals surface area (Å²) in [5.41, 5.74) is 2.57. The molecule has 0 amide bonds. The first-order valence-corrected chi connectivity index (χ1v) is 9.19. The molecule has 0 radical (unpaired) electrons. The maximum absolute atomic E-state index is 12.5. The number of methoxy groups -OCH3 is 1. The number of nitrogens with zero attached hydrogens (tertiary/aromatic N) is 2. The average molecular weight is 389 g/mol. The number of carbonyl (C=O) groups is 2. The lowest BCUT2D eigenvalue weighted by atomic mass is 10.1. The van der Waals surface area contributed by atoms with Gasteiger partial charge in [0.15, 0.2) is 4.96 Å². The molecule has 0 aliphatic rings. The fourth-order valence-corrected chi connectivity index (χ4v) is 3.78. The molecule has 0 saturated carbocycles. The predicted octanol–water partition coefficient (Wildman–Crippen LogP) is 2.41. The maximum Gasteiger partial charge on any atom is 0.355 e. The van der Waals surface area contributed by atoms with Crippen LogP contribution in [0.1, 0.15) is 50.4 Å². The zero-order chi connectivity index (χ0) is 19.7. The minimum Gasteiger partial charge on any atom is -0.465 e. The van der Waals surface area contributed by atoms with Gasteiger partial charge in [0.25, 0.3) is 5.56 Å². The molecule has 3 aromatic heterocycles. The minimum absolute atomic E-state index is 0.144. The van der Waals surface area contributed by atoms with E-state index in [9.17, 15) is 14.4 Å². The summed E-state index contributed by atoms with van der Waals surface area (Å²) in [6, 6.07) is 1.35. The van der Waals surface area contributed by atoms with Crippen LogP contribution in [-0.4, -0.2) is 33.4 Å². The molecule has 0 bridgehead atoms. The highest BCUT2D eigenvalue weighted by molar-refractivity contribution is 7.15. The molecule has 0 saturated heterocycles. The van der Waals surface area contributed by atoms with Gasteiger partial charge < -0.3 is 14.5 Å². The Morgan fingerprint density at radius 2 is 2.04 bits per heavy atom. The first-order chi connectivity index (χ1) is 12.9. The molecule has 0 aliphatic carbocycles. The van der Waals surface area contributed by atoms with Crippen LogP contribution in [0.3, 0.4) is 0 Å². The SMILES string of the molecule is CCc1[nH]c(C(=O)OCc2cc(=O)n3c(C)csc3n2)c(C)c1C(=O)OC. The van der Waals surface area contributed by atoms with E-state index in [4.69, 9.17) is 9.47 Å². The number of hydrogen-bond acceptors (Lipinski definition) is 7. The quantitative estimate of drug-likeness (QED) is 0.672. The number of aryl methyl sites for hydroxylation is 2. The molecule has 3 rings (SSSR count). The number of esters is 2. The molecule has 142 valence electrons. The lowest BCUT2D eigenvalue weighted by molar-refractivity contribution is 0.0460. The standard InChI is InChI=1S/C18H19N3O5S/c1-5-12-14(16(23)25-4)10(3)15(20-12)17(24)26-7-11-6-13(22)21-9(2)8-27-18(21)19-11/h6,8,20H,5,7H2,1-4H3. The van der Waals surface area contributed by atoms with Crippen molar-refractivity contribution in [3.8, 4) is 0 Å². The van der Waals surface area contributed by atoms with E-state index in [0.29, 0.717) is 33.9 Å². The number of rotatable bonds is 5. The second-order valence-electron chi connectivity index (χ2n) is 5.98. The van der Waals surface area contributed by atoms with Crippen molar-refractivity contribution < 1.29 is 19.1 Å². The molecule has 1 N–H and O–H groups in total. The number of H-pyrrole nitrogens is 1. The van der Waals surface area contributed by atoms with Crippen LogP contribution in [-0.2, 0) is 22.5 Å². The van der Waals surface area contributed by atoms with Crippen LogP contribution in [0.2, 0.25) is 0 Å². The zero-order valence-electron chi connectivity index (χ0n) is 15.4. The van der Waals surface area contributed by atoms with Crippen LogP contribution in [0.25, 0.3) is 4.96 Å². The lowest BCUT2D eigenvalue weighted by Crippen LogP contribution is -2.16. The van der Waals surface area contributed by atoms with Crippen molar-refractivity contribution in [3.63, 3.8) is 0 Å². The molecule has 9 heteroatoms. The van der Waals surface area contributed by atoms with Crippen LogP contribution in [0.4, 0.5) is 0 Å². The Bertz CT molecular complexity index is 1090. The van der Waals surface area contributed by atoms with Crippen molar-refractivity contribution in [3.05, 3.63) is 55.7 Å². The Labute approximate surface area is 158 Å². The second kappa shape index (κ2) is 7.36. The first kappa shape index (κ1) is 18.8. The Hall–Kier alpha value is -2.94. The van der Waals surface area contributed by atoms with E-state index in [1.807, 2.05) is 19.2 Å². The third-order valence-electron chi connectivity index (χ3n) is 4.25. The van der Waals surface area contributed by atoms with Gasteiger partial charge in [-0.05, 0) is 25.8 Å². The Kier molecular flexibility index (Phi) is 5.13. The number of ether oxygens (including phenoxy) is 2. The van der Waals surface area contributed by atoms with Crippen molar-refractivity contribution in [1.29, 1.82) is 0 Å². The fourth-order valence-electron chi connectivity index (χ4n) is 2.89. The number of fused-ring (bicyclic) bond motifs is 1. The highest BCUT2D eigenvalue weighted by atomic mass is 32.1. The monoisotopic (exact) mass is 389 g/mol. The second-order valence-corrected chi connectivity index (χ2v) is 6.82. The van der Waals surface area contributed by atoms with Gasteiger partial charge in [0.05, 0.1) is 18.4 Å². The van der Waals surface area contributed by atoms with Gasteiger partial charge in [-0.3, -0.25) is 9.20 Å². The molecule has 27 heavy (non-hydrogen) atoms. The smallest absolute Gasteiger partial charge is 0.355 e. The summed E-state index contributed by atoms with van der Waals surface area (Å²) in [5.74, 6) is -1.13. The minimum atomic E-state index is -0.623. The molecule has 0 unspecified atom stereocenters. The predicted molar refractivity (Wildman–Crippen MR) is 99.4 cm³/mol. The van der Waals surface area contributed by atoms with Crippen molar-refractivity contribution in [2.75, 3.05) is 7.11 Å². The maximum atomic E-state index is 12.5. The van der Waals surface area contributed by atoms with E-state index in [-0.39, 0.29) is 17.9 Å². The van der Waals surface area contributed by atoms with E-state index < -0.39 is 11.9 Å². The summed E-state index contributed by atoms with van der Waals surface area (Å²) < 4.78 is 11.6. The van der Waals surface area contributed by atoms with Gasteiger partial charge in [-0.2, -0.15) is 0 Å². The van der Waals surface area contributed by atoms with Crippen LogP contribution < -0.4 is 5.56 Å². The summed E-state index contributed by atoms with van der Waals surface area (Å²) in [6.45, 7) is 5.20. The number of aromatic nitrogens is 3. The number of thiazole rings is 1. The lowest BCUT2D eigenvalue weighted by Gasteiger charge is -2.05. The average Bonchev–Trinajstić information content (AvgIpc) is 3.19. The van der Waals surface area contributed by atoms with Gasteiger partial charge in [-0.15, -0.1) is 11.3 Å². The van der Waals surface area contributed by atoms with Crippen molar-refractivity contribution in [2.45, 2.75) is 33.8 Å². The van der Waals surface area contributed by atoms with Gasteiger partial charge >= 0.3 is 11.9 Å². The molecular weight excluding hydrogens is 370 g/mol. The van der Waals surface area contributed by atoms with Gasteiger partial charge in [-0.1, -0.05) is 6.92 Å². The summed E-state index contributed by atoms with van der Waals surface area (Å²) >= 11 is 1.34. The number of aromatic amines is 1. The topological polar surface area (TPSA) is 103 Å². The fraction of sp³-hybridized carbons (Fsp3) is 0.333. The van der Waals surface area contributed by atoms with E-state index in [0.717, 1.165) is 5.69 Å². The normalized spacial score (nSPS) is 11.0. The van der Waals surface area contributed by atoms with E-state index >= 15 is 0 Å². The third kappa shape index (κ3) is 3.37. The van der Waals surface area contributed by atoms with Crippen molar-refractivity contribution >= 4 is 28.2 Å². The molecule has 3 heterocycles. The van der Waals surface area contributed by atoms with Crippen LogP contribution in [0.15, 0.2) is 16.2 Å². The van der Waals surface area contributed by atoms with Crippen LogP contribution >= 0.6 is 11.3 Å². The molecule has 0 spiro atoms. The summed E-state index contributed by atoms with van der Waals surface area (Å²) in [4.78, 5) is 44.4. The van der Waals surface area contributed by atoms with Crippen LogP contribution in [0, 0.1) is 13.8 Å². The molecule has 0 aromatic carbocycles. The van der Waals surface area contributed by atoms with Gasteiger partial charge in [-0.25, -0.2) is 14.6 Å². The van der Waals surface area contributed by atoms with Gasteiger partial charge in [0.2, 0.25) is 0 Å². The van der Waals surface area contributed by atoms with Gasteiger partial charge in [0, 0.05) is 22.8 Å². The number of hydrogen-bond donors (Lipinski definition) is 1. The highest BCUT2D eigenvalue weighted by Gasteiger charge is 2.24. The summed E-state index contributed by atoms with van der Waals surface area (Å²) in [7, 11) is 1.29. The molecule has 8 nitrogen and oxygen atoms in total. The van der Waals surface area contributed by atoms with E-state index in [1.165, 1.54) is 28.9 Å². The molecule has 0 fully saturated rings. The van der Waals surface area contributed by atoms with E-state index in [2.05, 4.69) is 9.97 Å². The highest BCUT2D eigenvalue weighted by Crippen LogP contribution is 2.21. The van der Waals surface area contributed by atoms with Gasteiger partial charge in [0.1, 0.15) is 12.3 Å². The molecule has 0 atom stereocenters. The largest absolute Gasteiger partial charge is 0.465 e. The summed E-state index contributed by atoms with van der Waals surface area (Å²) in [6.07, 6.45) is 0.533. The molecule has 0 aliphatic heterocycles. The Morgan fingerprint density at radius 1 is 1.30 bits per heavy atom. The van der Waals surface area contributed by atoms with E-state index in [1.54, 1.807) is 6.92 Å². The molecule has 3 aromatic rings. The summed E-state index contributed by atoms with van der Waals surface area (Å²) in [5, 5.41) is 1.84. The van der Waals surface area contributed by atoms with Crippen molar-refractivity contribution in [2.24, 2.45) is 0 Å². The molecular formula is C18H19N3O5S. The number of nitrogens with one attached hydrogen (secondary N) is 1. The third-order valence-corrected chi connectivity index (χ3v) is 5.20. The number of carbonyl (C=O) groups excluding carboxylic acids is 2. The first-order valence-electron chi connectivity index (χ1n) is 8.31. The zero-order valence-corrected chi connectivity index (χ0v) is 16.2. The van der Waals surface area contributed by atoms with Crippen molar-refractivity contribution in [1.82, 2.24) is 14.4 Å².